The summed E-state index contributed by atoms with van der Waals surface area (Å²) in [4.78, 5) is 2.11. The first-order valence-corrected chi connectivity index (χ1v) is 8.26. The van der Waals surface area contributed by atoms with Crippen molar-refractivity contribution < 1.29 is 4.74 Å². The summed E-state index contributed by atoms with van der Waals surface area (Å²) >= 11 is 0. The third-order valence-electron chi connectivity index (χ3n) is 4.44. The second-order valence-electron chi connectivity index (χ2n) is 6.44. The van der Waals surface area contributed by atoms with Crippen LogP contribution in [0, 0.1) is 0 Å². The fraction of sp³-hybridized carbons (Fsp3) is 0.250. The maximum atomic E-state index is 5.86. The normalized spacial score (nSPS) is 12.3. The van der Waals surface area contributed by atoms with Crippen LogP contribution in [0.25, 0.3) is 22.5 Å². The van der Waals surface area contributed by atoms with Gasteiger partial charge < -0.3 is 9.64 Å². The molecule has 4 nitrogen and oxygen atoms in total. The van der Waals surface area contributed by atoms with Gasteiger partial charge in [0.25, 0.3) is 0 Å². The van der Waals surface area contributed by atoms with Crippen LogP contribution in [0.1, 0.15) is 11.1 Å². The summed E-state index contributed by atoms with van der Waals surface area (Å²) < 4.78 is 5.86. The third-order valence-corrected chi connectivity index (χ3v) is 4.44. The Kier molecular flexibility index (Phi) is 3.82. The number of aromatic amines is 1. The Morgan fingerprint density at radius 1 is 1.12 bits per heavy atom. The number of aromatic nitrogens is 2. The highest BCUT2D eigenvalue weighted by Crippen LogP contribution is 2.40. The van der Waals surface area contributed by atoms with Crippen LogP contribution in [0.15, 0.2) is 48.5 Å². The van der Waals surface area contributed by atoms with Crippen LogP contribution in [-0.2, 0) is 6.42 Å². The lowest BCUT2D eigenvalue weighted by Gasteiger charge is -2.11. The van der Waals surface area contributed by atoms with Crippen molar-refractivity contribution in [1.29, 1.82) is 0 Å². The molecule has 1 aromatic heterocycles. The standard InChI is InChI=1S/C20H21N3O/c1-23(2)10-11-24-16-8-5-7-15(12-16)19-18-13-14-6-3-4-9-17(14)20(18)22-21-19/h3-9,12H,10-11,13H2,1-2H3,(H,21,22). The second kappa shape index (κ2) is 6.13. The van der Waals surface area contributed by atoms with E-state index >= 15 is 0 Å². The Labute approximate surface area is 142 Å². The molecule has 1 heterocycles. The van der Waals surface area contributed by atoms with E-state index in [1.54, 1.807) is 0 Å². The smallest absolute Gasteiger partial charge is 0.120 e. The van der Waals surface area contributed by atoms with E-state index < -0.39 is 0 Å². The first-order chi connectivity index (χ1) is 11.7. The lowest BCUT2D eigenvalue weighted by atomic mass is 10.1. The molecular weight excluding hydrogens is 298 g/mol. The molecule has 122 valence electrons. The van der Waals surface area contributed by atoms with Gasteiger partial charge in [-0.15, -0.1) is 0 Å². The van der Waals surface area contributed by atoms with Gasteiger partial charge in [-0.3, -0.25) is 5.10 Å². The summed E-state index contributed by atoms with van der Waals surface area (Å²) in [7, 11) is 4.09. The van der Waals surface area contributed by atoms with E-state index in [1.165, 1.54) is 16.7 Å². The molecule has 0 bridgehead atoms. The predicted molar refractivity (Wildman–Crippen MR) is 96.3 cm³/mol. The zero-order valence-electron chi connectivity index (χ0n) is 14.0. The molecule has 24 heavy (non-hydrogen) atoms. The topological polar surface area (TPSA) is 41.1 Å². The molecule has 0 saturated carbocycles. The van der Waals surface area contributed by atoms with E-state index in [-0.39, 0.29) is 0 Å². The van der Waals surface area contributed by atoms with Crippen molar-refractivity contribution in [1.82, 2.24) is 15.1 Å². The molecule has 0 fully saturated rings. The van der Waals surface area contributed by atoms with Crippen molar-refractivity contribution >= 4 is 0 Å². The van der Waals surface area contributed by atoms with Gasteiger partial charge in [0, 0.05) is 29.7 Å². The van der Waals surface area contributed by atoms with Gasteiger partial charge in [-0.1, -0.05) is 36.4 Å². The summed E-state index contributed by atoms with van der Waals surface area (Å²) in [5.41, 5.74) is 7.19. The highest BCUT2D eigenvalue weighted by molar-refractivity contribution is 5.81. The molecule has 0 spiro atoms. The average Bonchev–Trinajstić information content (AvgIpc) is 3.13. The molecule has 2 aromatic carbocycles. The molecule has 1 aliphatic rings. The zero-order valence-corrected chi connectivity index (χ0v) is 14.0. The molecule has 4 rings (SSSR count). The van der Waals surface area contributed by atoms with Crippen molar-refractivity contribution in [2.45, 2.75) is 6.42 Å². The molecule has 4 heteroatoms. The number of benzene rings is 2. The minimum absolute atomic E-state index is 0.681. The van der Waals surface area contributed by atoms with Gasteiger partial charge in [-0.25, -0.2) is 0 Å². The zero-order chi connectivity index (χ0) is 16.5. The molecule has 1 N–H and O–H groups in total. The van der Waals surface area contributed by atoms with Crippen LogP contribution in [-0.4, -0.2) is 42.3 Å². The third kappa shape index (κ3) is 2.69. The van der Waals surface area contributed by atoms with Crippen molar-refractivity contribution in [3.8, 4) is 28.3 Å². The minimum Gasteiger partial charge on any atom is -0.492 e. The highest BCUT2D eigenvalue weighted by Gasteiger charge is 2.24. The molecule has 0 radical (unpaired) electrons. The van der Waals surface area contributed by atoms with E-state index in [0.717, 1.165) is 35.7 Å². The number of fused-ring (bicyclic) bond motifs is 3. The molecule has 0 aliphatic heterocycles. The average molecular weight is 319 g/mol. The fourth-order valence-corrected chi connectivity index (χ4v) is 3.19. The number of H-pyrrole nitrogens is 1. The van der Waals surface area contributed by atoms with Gasteiger partial charge in [-0.2, -0.15) is 5.10 Å². The van der Waals surface area contributed by atoms with E-state index in [0.29, 0.717) is 6.61 Å². The molecular formula is C20H21N3O. The Bertz CT molecular complexity index is 867. The van der Waals surface area contributed by atoms with E-state index in [4.69, 9.17) is 4.74 Å². The largest absolute Gasteiger partial charge is 0.492 e. The SMILES string of the molecule is CN(C)CCOc1cccc(-c2n[nH]c3c2Cc2ccccc2-3)c1. The maximum absolute atomic E-state index is 5.86. The second-order valence-corrected chi connectivity index (χ2v) is 6.44. The number of likely N-dealkylation sites (N-methyl/N-ethyl adjacent to an activating group) is 1. The number of nitrogens with zero attached hydrogens (tertiary/aromatic N) is 2. The van der Waals surface area contributed by atoms with Crippen molar-refractivity contribution in [2.24, 2.45) is 0 Å². The maximum Gasteiger partial charge on any atom is 0.120 e. The molecule has 3 aromatic rings. The van der Waals surface area contributed by atoms with Gasteiger partial charge in [0.1, 0.15) is 12.4 Å². The van der Waals surface area contributed by atoms with Crippen LogP contribution >= 0.6 is 0 Å². The Morgan fingerprint density at radius 3 is 2.88 bits per heavy atom. The number of ether oxygens (including phenoxy) is 1. The predicted octanol–water partition coefficient (Wildman–Crippen LogP) is 3.59. The summed E-state index contributed by atoms with van der Waals surface area (Å²) in [5, 5.41) is 7.79. The van der Waals surface area contributed by atoms with Crippen molar-refractivity contribution in [3.63, 3.8) is 0 Å². The Morgan fingerprint density at radius 2 is 2.00 bits per heavy atom. The monoisotopic (exact) mass is 319 g/mol. The number of rotatable bonds is 5. The van der Waals surface area contributed by atoms with Crippen LogP contribution in [0.3, 0.4) is 0 Å². The van der Waals surface area contributed by atoms with Crippen molar-refractivity contribution in [3.05, 3.63) is 59.7 Å². The lowest BCUT2D eigenvalue weighted by molar-refractivity contribution is 0.261. The van der Waals surface area contributed by atoms with Gasteiger partial charge >= 0.3 is 0 Å². The van der Waals surface area contributed by atoms with Crippen LogP contribution in [0.4, 0.5) is 0 Å². The summed E-state index contributed by atoms with van der Waals surface area (Å²) in [5.74, 6) is 0.890. The van der Waals surface area contributed by atoms with Gasteiger partial charge in [-0.05, 0) is 31.8 Å². The number of hydrogen-bond donors (Lipinski definition) is 1. The molecule has 0 atom stereocenters. The molecule has 0 amide bonds. The minimum atomic E-state index is 0.681. The van der Waals surface area contributed by atoms with Gasteiger partial charge in [0.15, 0.2) is 0 Å². The number of hydrogen-bond acceptors (Lipinski definition) is 3. The molecule has 0 saturated heterocycles. The van der Waals surface area contributed by atoms with E-state index in [9.17, 15) is 0 Å². The quantitative estimate of drug-likeness (QED) is 0.611. The van der Waals surface area contributed by atoms with Gasteiger partial charge in [0.05, 0.1) is 11.4 Å². The van der Waals surface area contributed by atoms with Crippen LogP contribution < -0.4 is 4.74 Å². The number of nitrogens with one attached hydrogen (secondary N) is 1. The van der Waals surface area contributed by atoms with Gasteiger partial charge in [0.2, 0.25) is 0 Å². The molecule has 1 aliphatic carbocycles. The first-order valence-electron chi connectivity index (χ1n) is 8.26. The highest BCUT2D eigenvalue weighted by atomic mass is 16.5. The molecule has 0 unspecified atom stereocenters. The summed E-state index contributed by atoms with van der Waals surface area (Å²) in [6.45, 7) is 1.58. The van der Waals surface area contributed by atoms with Crippen LogP contribution in [0.5, 0.6) is 5.75 Å². The van der Waals surface area contributed by atoms with E-state index in [2.05, 4.69) is 51.5 Å². The van der Waals surface area contributed by atoms with E-state index in [1.807, 2.05) is 26.2 Å². The Balaban J connectivity index is 1.61. The van der Waals surface area contributed by atoms with Crippen LogP contribution in [0.2, 0.25) is 0 Å². The fourth-order valence-electron chi connectivity index (χ4n) is 3.19. The van der Waals surface area contributed by atoms with Crippen molar-refractivity contribution in [2.75, 3.05) is 27.2 Å². The summed E-state index contributed by atoms with van der Waals surface area (Å²) in [6.07, 6.45) is 0.934. The summed E-state index contributed by atoms with van der Waals surface area (Å²) in [6, 6.07) is 16.7. The lowest BCUT2D eigenvalue weighted by Crippen LogP contribution is -2.19. The first kappa shape index (κ1) is 15.0. The Hall–Kier alpha value is -2.59.